The van der Waals surface area contributed by atoms with E-state index in [1.165, 1.54) is 53.1 Å². The monoisotopic (exact) mass is 670 g/mol. The van der Waals surface area contributed by atoms with Gasteiger partial charge in [0.15, 0.2) is 0 Å². The highest BCUT2D eigenvalue weighted by molar-refractivity contribution is 9.10. The molecule has 0 spiro atoms. The molecule has 0 N–H and O–H groups in total. The first-order chi connectivity index (χ1) is 22.7. The fourth-order valence-electron chi connectivity index (χ4n) is 6.71. The van der Waals surface area contributed by atoms with Gasteiger partial charge >= 0.3 is 0 Å². The molecule has 9 rings (SSSR count). The highest BCUT2D eigenvalue weighted by Gasteiger charge is 2.19. The summed E-state index contributed by atoms with van der Waals surface area (Å²) in [6.45, 7) is 0. The van der Waals surface area contributed by atoms with Crippen LogP contribution in [-0.2, 0) is 0 Å². The molecule has 0 unspecified atom stereocenters. The Labute approximate surface area is 279 Å². The van der Waals surface area contributed by atoms with Crippen LogP contribution >= 0.6 is 27.3 Å². The van der Waals surface area contributed by atoms with Crippen molar-refractivity contribution in [1.29, 1.82) is 0 Å². The third-order valence-electron chi connectivity index (χ3n) is 8.82. The lowest BCUT2D eigenvalue weighted by Gasteiger charge is -2.26. The van der Waals surface area contributed by atoms with Gasteiger partial charge in [0.1, 0.15) is 0 Å². The van der Waals surface area contributed by atoms with E-state index in [9.17, 15) is 0 Å². The molecule has 2 nitrogen and oxygen atoms in total. The second kappa shape index (κ2) is 11.0. The first kappa shape index (κ1) is 27.2. The minimum Gasteiger partial charge on any atom is -0.310 e. The van der Waals surface area contributed by atoms with Gasteiger partial charge in [0.2, 0.25) is 0 Å². The molecule has 4 heteroatoms. The molecule has 0 radical (unpaired) electrons. The lowest BCUT2D eigenvalue weighted by atomic mass is 10.0. The van der Waals surface area contributed by atoms with Gasteiger partial charge in [-0.25, -0.2) is 0 Å². The maximum absolute atomic E-state index is 3.62. The zero-order valence-corrected chi connectivity index (χ0v) is 27.2. The smallest absolute Gasteiger partial charge is 0.0548 e. The molecule has 9 aromatic rings. The van der Waals surface area contributed by atoms with Crippen LogP contribution in [0.4, 0.5) is 17.1 Å². The van der Waals surface area contributed by atoms with Gasteiger partial charge < -0.3 is 9.47 Å². The van der Waals surface area contributed by atoms with Gasteiger partial charge in [-0.15, -0.1) is 11.3 Å². The van der Waals surface area contributed by atoms with E-state index >= 15 is 0 Å². The van der Waals surface area contributed by atoms with Crippen molar-refractivity contribution in [3.63, 3.8) is 0 Å². The predicted molar refractivity (Wildman–Crippen MR) is 201 cm³/mol. The van der Waals surface area contributed by atoms with Crippen LogP contribution in [0.15, 0.2) is 168 Å². The van der Waals surface area contributed by atoms with E-state index in [2.05, 4.69) is 189 Å². The highest BCUT2D eigenvalue weighted by atomic mass is 79.9. The molecule has 0 saturated heterocycles. The van der Waals surface area contributed by atoms with Crippen molar-refractivity contribution in [2.75, 3.05) is 4.90 Å². The summed E-state index contributed by atoms with van der Waals surface area (Å²) >= 11 is 5.50. The first-order valence-electron chi connectivity index (χ1n) is 15.4. The number of hydrogen-bond acceptors (Lipinski definition) is 2. The minimum absolute atomic E-state index is 1.08. The number of thiophene rings is 1. The molecular weight excluding hydrogens is 644 g/mol. The quantitative estimate of drug-likeness (QED) is 0.177. The van der Waals surface area contributed by atoms with Crippen molar-refractivity contribution >= 4 is 86.3 Å². The summed E-state index contributed by atoms with van der Waals surface area (Å²) in [5.74, 6) is 0. The van der Waals surface area contributed by atoms with E-state index in [0.29, 0.717) is 0 Å². The summed E-state index contributed by atoms with van der Waals surface area (Å²) < 4.78 is 6.13. The molecule has 0 saturated carbocycles. The average molecular weight is 672 g/mol. The fraction of sp³-hybridized carbons (Fsp3) is 0. The summed E-state index contributed by atoms with van der Waals surface area (Å²) in [6, 6.07) is 59.2. The first-order valence-corrected chi connectivity index (χ1v) is 17.0. The number of aromatic nitrogens is 1. The van der Waals surface area contributed by atoms with Crippen molar-refractivity contribution in [3.05, 3.63) is 168 Å². The molecule has 0 amide bonds. The predicted octanol–water partition coefficient (Wildman–Crippen LogP) is 13.1. The molecule has 2 heterocycles. The molecule has 0 atom stereocenters. The lowest BCUT2D eigenvalue weighted by Crippen LogP contribution is -2.09. The Bertz CT molecular complexity index is 2530. The number of anilines is 3. The number of fused-ring (bicyclic) bond motifs is 6. The Morgan fingerprint density at radius 2 is 1.13 bits per heavy atom. The van der Waals surface area contributed by atoms with Crippen molar-refractivity contribution in [2.24, 2.45) is 0 Å². The zero-order valence-electron chi connectivity index (χ0n) is 24.8. The molecule has 218 valence electrons. The standard InChI is InChI=1S/C42H27BrN2S/c43-30-11-9-10-29(24-30)28-18-20-33(21-19-28)44(31-12-3-1-4-13-31)34-22-23-39-36(25-34)37-27-42-38(35-16-7-8-17-41(35)46-42)26-40(37)45(39)32-14-5-2-6-15-32/h1-27H. The number of benzene rings is 7. The van der Waals surface area contributed by atoms with E-state index in [1.807, 2.05) is 11.3 Å². The Morgan fingerprint density at radius 1 is 0.435 bits per heavy atom. The second-order valence-corrected chi connectivity index (χ2v) is 13.6. The molecule has 0 fully saturated rings. The van der Waals surface area contributed by atoms with E-state index in [4.69, 9.17) is 0 Å². The highest BCUT2D eigenvalue weighted by Crippen LogP contribution is 2.43. The SMILES string of the molecule is Brc1cccc(-c2ccc(N(c3ccccc3)c3ccc4c(c3)c3cc5sc6ccccc6c5cc3n4-c3ccccc3)cc2)c1. The van der Waals surface area contributed by atoms with Gasteiger partial charge in [0.25, 0.3) is 0 Å². The second-order valence-electron chi connectivity index (χ2n) is 11.6. The Hall–Kier alpha value is -5.16. The summed E-state index contributed by atoms with van der Waals surface area (Å²) in [6.07, 6.45) is 0. The molecule has 7 aromatic carbocycles. The van der Waals surface area contributed by atoms with Crippen LogP contribution in [0.2, 0.25) is 0 Å². The summed E-state index contributed by atoms with van der Waals surface area (Å²) in [5.41, 5.74) is 9.32. The third kappa shape index (κ3) is 4.53. The van der Waals surface area contributed by atoms with Gasteiger partial charge in [-0.1, -0.05) is 94.8 Å². The Balaban J connectivity index is 1.27. The van der Waals surface area contributed by atoms with Crippen LogP contribution in [0.5, 0.6) is 0 Å². The molecule has 46 heavy (non-hydrogen) atoms. The van der Waals surface area contributed by atoms with Crippen molar-refractivity contribution < 1.29 is 0 Å². The number of nitrogens with zero attached hydrogens (tertiary/aromatic N) is 2. The van der Waals surface area contributed by atoms with Crippen LogP contribution in [0.3, 0.4) is 0 Å². The number of halogens is 1. The zero-order chi connectivity index (χ0) is 30.6. The molecule has 2 aromatic heterocycles. The van der Waals surface area contributed by atoms with E-state index in [1.54, 1.807) is 0 Å². The molecule has 0 bridgehead atoms. The summed E-state index contributed by atoms with van der Waals surface area (Å²) in [7, 11) is 0. The van der Waals surface area contributed by atoms with Gasteiger partial charge in [-0.2, -0.15) is 0 Å². The van der Waals surface area contributed by atoms with E-state index in [0.717, 1.165) is 27.2 Å². The van der Waals surface area contributed by atoms with Crippen LogP contribution in [-0.4, -0.2) is 4.57 Å². The maximum Gasteiger partial charge on any atom is 0.0548 e. The van der Waals surface area contributed by atoms with Gasteiger partial charge in [-0.05, 0) is 96.1 Å². The van der Waals surface area contributed by atoms with Crippen LogP contribution in [0.1, 0.15) is 0 Å². The number of para-hydroxylation sites is 2. The topological polar surface area (TPSA) is 8.17 Å². The minimum atomic E-state index is 1.08. The maximum atomic E-state index is 3.62. The fourth-order valence-corrected chi connectivity index (χ4v) is 8.24. The normalized spacial score (nSPS) is 11.6. The van der Waals surface area contributed by atoms with Crippen molar-refractivity contribution in [3.8, 4) is 16.8 Å². The Kier molecular flexibility index (Phi) is 6.51. The van der Waals surface area contributed by atoms with Gasteiger partial charge in [0.05, 0.1) is 11.0 Å². The van der Waals surface area contributed by atoms with Crippen LogP contribution < -0.4 is 4.90 Å². The molecule has 0 aliphatic heterocycles. The van der Waals surface area contributed by atoms with Crippen LogP contribution in [0, 0.1) is 0 Å². The number of hydrogen-bond donors (Lipinski definition) is 0. The third-order valence-corrected chi connectivity index (χ3v) is 10.4. The van der Waals surface area contributed by atoms with E-state index in [-0.39, 0.29) is 0 Å². The molecule has 0 aliphatic rings. The van der Waals surface area contributed by atoms with Crippen molar-refractivity contribution in [2.45, 2.75) is 0 Å². The van der Waals surface area contributed by atoms with Crippen molar-refractivity contribution in [1.82, 2.24) is 4.57 Å². The number of rotatable bonds is 5. The van der Waals surface area contributed by atoms with Gasteiger partial charge in [0, 0.05) is 58.2 Å². The van der Waals surface area contributed by atoms with Crippen LogP contribution in [0.25, 0.3) is 58.8 Å². The largest absolute Gasteiger partial charge is 0.310 e. The lowest BCUT2D eigenvalue weighted by molar-refractivity contribution is 1.18. The summed E-state index contributed by atoms with van der Waals surface area (Å²) in [4.78, 5) is 2.35. The van der Waals surface area contributed by atoms with Gasteiger partial charge in [-0.3, -0.25) is 0 Å². The Morgan fingerprint density at radius 3 is 1.93 bits per heavy atom. The average Bonchev–Trinajstić information content (AvgIpc) is 3.63. The summed E-state index contributed by atoms with van der Waals surface area (Å²) in [5, 5.41) is 5.13. The molecule has 0 aliphatic carbocycles. The molecular formula is C42H27BrN2S. The van der Waals surface area contributed by atoms with E-state index < -0.39 is 0 Å².